The zero-order valence-corrected chi connectivity index (χ0v) is 12.6. The van der Waals surface area contributed by atoms with Crippen LogP contribution in [0.15, 0.2) is 60.7 Å². The summed E-state index contributed by atoms with van der Waals surface area (Å²) in [7, 11) is 0. The summed E-state index contributed by atoms with van der Waals surface area (Å²) in [5.74, 6) is -0.772. The first-order chi connectivity index (χ1) is 11.2. The van der Waals surface area contributed by atoms with Crippen LogP contribution in [0.3, 0.4) is 0 Å². The maximum Gasteiger partial charge on any atom is 0.303 e. The van der Waals surface area contributed by atoms with Gasteiger partial charge in [0.25, 0.3) is 0 Å². The molecule has 0 fully saturated rings. The Morgan fingerprint density at radius 3 is 2.74 bits per heavy atom. The summed E-state index contributed by atoms with van der Waals surface area (Å²) in [4.78, 5) is 15.3. The highest BCUT2D eigenvalue weighted by Gasteiger charge is 2.00. The van der Waals surface area contributed by atoms with Crippen LogP contribution in [0.2, 0.25) is 0 Å². The third-order valence-corrected chi connectivity index (χ3v) is 3.65. The number of aliphatic carboxylic acids is 1. The number of fused-ring (bicyclic) bond motifs is 1. The molecule has 2 aromatic carbocycles. The molecular weight excluding hydrogens is 286 g/mol. The van der Waals surface area contributed by atoms with Crippen LogP contribution in [0.5, 0.6) is 0 Å². The van der Waals surface area contributed by atoms with E-state index in [0.717, 1.165) is 27.7 Å². The molecule has 1 aromatic heterocycles. The molecule has 0 bridgehead atoms. The van der Waals surface area contributed by atoms with E-state index in [1.54, 1.807) is 0 Å². The largest absolute Gasteiger partial charge is 0.481 e. The molecule has 3 rings (SSSR count). The fraction of sp³-hybridized carbons (Fsp3) is 0.100. The molecule has 0 amide bonds. The van der Waals surface area contributed by atoms with Gasteiger partial charge in [-0.2, -0.15) is 0 Å². The fourth-order valence-electron chi connectivity index (χ4n) is 2.46. The SMILES string of the molecule is O=C(O)CCc1cccc(/C=C/c2ccc3ccccc3n2)c1. The van der Waals surface area contributed by atoms with Gasteiger partial charge in [0, 0.05) is 11.8 Å². The Bertz CT molecular complexity index is 868. The lowest BCUT2D eigenvalue weighted by molar-refractivity contribution is -0.136. The number of para-hydroxylation sites is 1. The molecule has 0 unspecified atom stereocenters. The Kier molecular flexibility index (Phi) is 4.48. The lowest BCUT2D eigenvalue weighted by Crippen LogP contribution is -1.97. The van der Waals surface area contributed by atoms with Crippen molar-refractivity contribution in [3.63, 3.8) is 0 Å². The zero-order chi connectivity index (χ0) is 16.1. The average molecular weight is 303 g/mol. The highest BCUT2D eigenvalue weighted by molar-refractivity contribution is 5.80. The normalized spacial score (nSPS) is 11.1. The second-order valence-electron chi connectivity index (χ2n) is 5.40. The number of nitrogens with zero attached hydrogens (tertiary/aromatic N) is 1. The summed E-state index contributed by atoms with van der Waals surface area (Å²) in [5, 5.41) is 9.89. The van der Waals surface area contributed by atoms with Gasteiger partial charge in [-0.3, -0.25) is 4.79 Å². The second-order valence-corrected chi connectivity index (χ2v) is 5.40. The molecule has 0 aliphatic heterocycles. The number of carboxylic acid groups (broad SMARTS) is 1. The molecule has 0 saturated carbocycles. The predicted octanol–water partition coefficient (Wildman–Crippen LogP) is 4.42. The van der Waals surface area contributed by atoms with Gasteiger partial charge < -0.3 is 5.11 Å². The van der Waals surface area contributed by atoms with Gasteiger partial charge in [0.2, 0.25) is 0 Å². The Morgan fingerprint density at radius 2 is 1.87 bits per heavy atom. The average Bonchev–Trinajstić information content (AvgIpc) is 2.58. The quantitative estimate of drug-likeness (QED) is 0.759. The molecule has 23 heavy (non-hydrogen) atoms. The number of rotatable bonds is 5. The molecule has 114 valence electrons. The Morgan fingerprint density at radius 1 is 1.00 bits per heavy atom. The molecule has 1 N–H and O–H groups in total. The van der Waals surface area contributed by atoms with Crippen molar-refractivity contribution >= 4 is 29.0 Å². The van der Waals surface area contributed by atoms with Crippen molar-refractivity contribution in [3.8, 4) is 0 Å². The lowest BCUT2D eigenvalue weighted by Gasteiger charge is -2.01. The smallest absolute Gasteiger partial charge is 0.303 e. The van der Waals surface area contributed by atoms with Crippen molar-refractivity contribution in [2.45, 2.75) is 12.8 Å². The van der Waals surface area contributed by atoms with Gasteiger partial charge in [0.05, 0.1) is 11.2 Å². The summed E-state index contributed by atoms with van der Waals surface area (Å²) in [6, 6.07) is 20.0. The Hall–Kier alpha value is -2.94. The minimum atomic E-state index is -0.772. The monoisotopic (exact) mass is 303 g/mol. The first kappa shape index (κ1) is 15.0. The number of hydrogen-bond acceptors (Lipinski definition) is 2. The molecule has 0 aliphatic carbocycles. The molecule has 1 heterocycles. The van der Waals surface area contributed by atoms with Gasteiger partial charge in [-0.25, -0.2) is 4.98 Å². The van der Waals surface area contributed by atoms with E-state index in [1.807, 2.05) is 66.7 Å². The van der Waals surface area contributed by atoms with Crippen LogP contribution >= 0.6 is 0 Å². The molecular formula is C20H17NO2. The second kappa shape index (κ2) is 6.88. The summed E-state index contributed by atoms with van der Waals surface area (Å²) < 4.78 is 0. The van der Waals surface area contributed by atoms with Crippen LogP contribution in [-0.2, 0) is 11.2 Å². The van der Waals surface area contributed by atoms with Gasteiger partial charge in [0.15, 0.2) is 0 Å². The number of carbonyl (C=O) groups is 1. The van der Waals surface area contributed by atoms with E-state index in [1.165, 1.54) is 0 Å². The number of pyridine rings is 1. The summed E-state index contributed by atoms with van der Waals surface area (Å²) in [5.41, 5.74) is 3.95. The molecule has 0 spiro atoms. The van der Waals surface area contributed by atoms with Gasteiger partial charge in [0.1, 0.15) is 0 Å². The maximum atomic E-state index is 10.7. The number of carboxylic acids is 1. The molecule has 3 heteroatoms. The summed E-state index contributed by atoms with van der Waals surface area (Å²) >= 11 is 0. The van der Waals surface area contributed by atoms with Crippen LogP contribution in [0.4, 0.5) is 0 Å². The standard InChI is InChI=1S/C20H17NO2/c22-20(23)13-9-16-5-3-4-15(14-16)8-11-18-12-10-17-6-1-2-7-19(17)21-18/h1-8,10-12,14H,9,13H2,(H,22,23)/b11-8+. The third kappa shape index (κ3) is 4.04. The van der Waals surface area contributed by atoms with Crippen molar-refractivity contribution < 1.29 is 9.90 Å². The van der Waals surface area contributed by atoms with E-state index in [-0.39, 0.29) is 6.42 Å². The minimum absolute atomic E-state index is 0.152. The molecule has 0 saturated heterocycles. The van der Waals surface area contributed by atoms with E-state index in [0.29, 0.717) is 6.42 Å². The molecule has 0 radical (unpaired) electrons. The summed E-state index contributed by atoms with van der Waals surface area (Å²) in [6.07, 6.45) is 4.68. The molecule has 3 nitrogen and oxygen atoms in total. The molecule has 3 aromatic rings. The van der Waals surface area contributed by atoms with Crippen LogP contribution in [0.25, 0.3) is 23.1 Å². The van der Waals surface area contributed by atoms with Gasteiger partial charge in [-0.15, -0.1) is 0 Å². The van der Waals surface area contributed by atoms with Gasteiger partial charge in [-0.1, -0.05) is 54.6 Å². The fourth-order valence-corrected chi connectivity index (χ4v) is 2.46. The predicted molar refractivity (Wildman–Crippen MR) is 93.1 cm³/mol. The van der Waals surface area contributed by atoms with Gasteiger partial charge in [-0.05, 0) is 35.8 Å². The van der Waals surface area contributed by atoms with Crippen molar-refractivity contribution in [1.29, 1.82) is 0 Å². The van der Waals surface area contributed by atoms with Crippen molar-refractivity contribution in [1.82, 2.24) is 4.98 Å². The van der Waals surface area contributed by atoms with Crippen molar-refractivity contribution in [2.24, 2.45) is 0 Å². The Balaban J connectivity index is 1.78. The summed E-state index contributed by atoms with van der Waals surface area (Å²) in [6.45, 7) is 0. The minimum Gasteiger partial charge on any atom is -0.481 e. The van der Waals surface area contributed by atoms with Crippen LogP contribution in [-0.4, -0.2) is 16.1 Å². The molecule has 0 aliphatic rings. The van der Waals surface area contributed by atoms with Crippen molar-refractivity contribution in [3.05, 3.63) is 77.5 Å². The Labute approximate surface area is 134 Å². The van der Waals surface area contributed by atoms with Gasteiger partial charge >= 0.3 is 5.97 Å². The maximum absolute atomic E-state index is 10.7. The highest BCUT2D eigenvalue weighted by Crippen LogP contribution is 2.15. The van der Waals surface area contributed by atoms with Crippen LogP contribution in [0, 0.1) is 0 Å². The van der Waals surface area contributed by atoms with E-state index < -0.39 is 5.97 Å². The van der Waals surface area contributed by atoms with Crippen LogP contribution in [0.1, 0.15) is 23.2 Å². The highest BCUT2D eigenvalue weighted by atomic mass is 16.4. The lowest BCUT2D eigenvalue weighted by atomic mass is 10.1. The first-order valence-electron chi connectivity index (χ1n) is 7.55. The van der Waals surface area contributed by atoms with E-state index in [9.17, 15) is 4.79 Å². The first-order valence-corrected chi connectivity index (χ1v) is 7.55. The topological polar surface area (TPSA) is 50.2 Å². The number of aromatic nitrogens is 1. The van der Waals surface area contributed by atoms with Crippen molar-refractivity contribution in [2.75, 3.05) is 0 Å². The molecule has 0 atom stereocenters. The number of benzene rings is 2. The van der Waals surface area contributed by atoms with E-state index in [2.05, 4.69) is 11.1 Å². The number of aryl methyl sites for hydroxylation is 1. The number of hydrogen-bond donors (Lipinski definition) is 1. The third-order valence-electron chi connectivity index (χ3n) is 3.65. The van der Waals surface area contributed by atoms with E-state index >= 15 is 0 Å². The zero-order valence-electron chi connectivity index (χ0n) is 12.6. The van der Waals surface area contributed by atoms with Crippen LogP contribution < -0.4 is 0 Å². The van der Waals surface area contributed by atoms with E-state index in [4.69, 9.17) is 5.11 Å².